The quantitative estimate of drug-likeness (QED) is 0.371. The van der Waals surface area contributed by atoms with Gasteiger partial charge in [0.15, 0.2) is 0 Å². The summed E-state index contributed by atoms with van der Waals surface area (Å²) in [5.74, 6) is -0.542. The van der Waals surface area contributed by atoms with Crippen LogP contribution in [-0.2, 0) is 0 Å². The number of nitrogens with zero attached hydrogens (tertiary/aromatic N) is 2. The molecule has 0 saturated carbocycles. The molecule has 1 saturated heterocycles. The Kier molecular flexibility index (Phi) is 6.35. The number of aliphatic hydroxyl groups is 1. The Morgan fingerprint density at radius 3 is 2.77 bits per heavy atom. The van der Waals surface area contributed by atoms with E-state index in [1.54, 1.807) is 54.3 Å². The summed E-state index contributed by atoms with van der Waals surface area (Å²) in [5.41, 5.74) is 1.86. The smallest absolute Gasteiger partial charge is 0.266 e. The van der Waals surface area contributed by atoms with Crippen molar-refractivity contribution in [2.45, 2.75) is 25.8 Å². The first-order valence-corrected chi connectivity index (χ1v) is 12.5. The predicted octanol–water partition coefficient (Wildman–Crippen LogP) is 5.49. The number of carbonyl (C=O) groups excluding carboxylic acids is 1. The summed E-state index contributed by atoms with van der Waals surface area (Å²) in [7, 11) is 0. The van der Waals surface area contributed by atoms with E-state index < -0.39 is 0 Å². The SMILES string of the molecule is Cc1cc(Nc2c(C(=O)N3CCC[C@@H]3CO)sc3c2ccc(=O)n3-c2ccccc2Cl)ccc1F. The van der Waals surface area contributed by atoms with Crippen molar-refractivity contribution >= 4 is 50.4 Å². The number of aliphatic hydroxyl groups excluding tert-OH is 1. The lowest BCUT2D eigenvalue weighted by atomic mass is 10.1. The summed E-state index contributed by atoms with van der Waals surface area (Å²) in [6, 6.07) is 14.6. The fourth-order valence-electron chi connectivity index (χ4n) is 4.51. The maximum atomic E-state index is 13.9. The van der Waals surface area contributed by atoms with Crippen LogP contribution in [0.1, 0.15) is 28.1 Å². The zero-order valence-corrected chi connectivity index (χ0v) is 20.5. The van der Waals surface area contributed by atoms with E-state index in [0.717, 1.165) is 12.8 Å². The predicted molar refractivity (Wildman–Crippen MR) is 138 cm³/mol. The molecule has 4 aromatic rings. The van der Waals surface area contributed by atoms with Gasteiger partial charge in [0.1, 0.15) is 15.5 Å². The van der Waals surface area contributed by atoms with Crippen LogP contribution >= 0.6 is 22.9 Å². The van der Waals surface area contributed by atoms with Gasteiger partial charge in [-0.3, -0.25) is 14.2 Å². The lowest BCUT2D eigenvalue weighted by molar-refractivity contribution is 0.0683. The van der Waals surface area contributed by atoms with E-state index in [0.29, 0.717) is 49.3 Å². The minimum absolute atomic E-state index is 0.110. The van der Waals surface area contributed by atoms with Gasteiger partial charge in [0.2, 0.25) is 0 Å². The van der Waals surface area contributed by atoms with Crippen LogP contribution in [0.15, 0.2) is 59.4 Å². The minimum atomic E-state index is -0.322. The number of thiophene rings is 1. The van der Waals surface area contributed by atoms with E-state index in [9.17, 15) is 19.1 Å². The molecule has 0 unspecified atom stereocenters. The van der Waals surface area contributed by atoms with Gasteiger partial charge in [0.05, 0.1) is 29.0 Å². The maximum absolute atomic E-state index is 13.9. The van der Waals surface area contributed by atoms with Crippen molar-refractivity contribution in [3.63, 3.8) is 0 Å². The molecule has 1 fully saturated rings. The highest BCUT2D eigenvalue weighted by Crippen LogP contribution is 2.40. The number of amides is 1. The molecule has 1 aliphatic rings. The second-order valence-corrected chi connectivity index (χ2v) is 9.96. The Balaban J connectivity index is 1.73. The molecule has 6 nitrogen and oxygen atoms in total. The molecule has 1 atom stereocenters. The summed E-state index contributed by atoms with van der Waals surface area (Å²) in [6.45, 7) is 2.11. The van der Waals surface area contributed by atoms with Gasteiger partial charge in [0, 0.05) is 23.7 Å². The Hall–Kier alpha value is -3.20. The lowest BCUT2D eigenvalue weighted by Crippen LogP contribution is -2.37. The summed E-state index contributed by atoms with van der Waals surface area (Å²) in [4.78, 5) is 29.4. The molecule has 35 heavy (non-hydrogen) atoms. The van der Waals surface area contributed by atoms with Crippen LogP contribution in [0.25, 0.3) is 15.9 Å². The van der Waals surface area contributed by atoms with Gasteiger partial charge >= 0.3 is 0 Å². The second kappa shape index (κ2) is 9.45. The molecule has 0 spiro atoms. The van der Waals surface area contributed by atoms with Crippen molar-refractivity contribution < 1.29 is 14.3 Å². The third kappa shape index (κ3) is 4.22. The number of carbonyl (C=O) groups is 1. The van der Waals surface area contributed by atoms with Gasteiger partial charge in [-0.05, 0) is 61.7 Å². The zero-order chi connectivity index (χ0) is 24.7. The van der Waals surface area contributed by atoms with E-state index in [4.69, 9.17) is 11.6 Å². The first kappa shape index (κ1) is 23.5. The number of rotatable bonds is 5. The van der Waals surface area contributed by atoms with Gasteiger partial charge < -0.3 is 15.3 Å². The van der Waals surface area contributed by atoms with Crippen molar-refractivity contribution in [3.8, 4) is 5.69 Å². The first-order chi connectivity index (χ1) is 16.9. The number of para-hydroxylation sites is 1. The molecule has 0 radical (unpaired) electrons. The molecule has 1 amide bonds. The van der Waals surface area contributed by atoms with Crippen molar-refractivity contribution in [2.75, 3.05) is 18.5 Å². The number of pyridine rings is 1. The molecule has 2 aromatic carbocycles. The number of aromatic nitrogens is 1. The van der Waals surface area contributed by atoms with Gasteiger partial charge in [-0.1, -0.05) is 23.7 Å². The largest absolute Gasteiger partial charge is 0.394 e. The normalized spacial score (nSPS) is 15.7. The van der Waals surface area contributed by atoms with E-state index in [1.165, 1.54) is 28.0 Å². The maximum Gasteiger partial charge on any atom is 0.266 e. The highest BCUT2D eigenvalue weighted by Gasteiger charge is 2.32. The Labute approximate surface area is 210 Å². The van der Waals surface area contributed by atoms with E-state index in [-0.39, 0.29) is 29.9 Å². The van der Waals surface area contributed by atoms with Crippen LogP contribution in [0, 0.1) is 12.7 Å². The Bertz CT molecular complexity index is 1500. The molecule has 180 valence electrons. The third-order valence-electron chi connectivity index (χ3n) is 6.31. The van der Waals surface area contributed by atoms with Gasteiger partial charge in [-0.2, -0.15) is 0 Å². The fourth-order valence-corrected chi connectivity index (χ4v) is 5.95. The van der Waals surface area contributed by atoms with Crippen molar-refractivity contribution in [1.82, 2.24) is 9.47 Å². The highest BCUT2D eigenvalue weighted by atomic mass is 35.5. The molecular formula is C26H23ClFN3O3S. The Morgan fingerprint density at radius 1 is 1.23 bits per heavy atom. The average Bonchev–Trinajstić information content (AvgIpc) is 3.47. The summed E-state index contributed by atoms with van der Waals surface area (Å²) in [6.07, 6.45) is 1.55. The second-order valence-electron chi connectivity index (χ2n) is 8.55. The van der Waals surface area contributed by atoms with E-state index in [1.807, 2.05) is 0 Å². The molecule has 0 bridgehead atoms. The number of nitrogens with one attached hydrogen (secondary N) is 1. The lowest BCUT2D eigenvalue weighted by Gasteiger charge is -2.23. The summed E-state index contributed by atoms with van der Waals surface area (Å²) in [5, 5.41) is 14.2. The minimum Gasteiger partial charge on any atom is -0.394 e. The number of fused-ring (bicyclic) bond motifs is 1. The van der Waals surface area contributed by atoms with Crippen LogP contribution in [0.3, 0.4) is 0 Å². The molecule has 2 N–H and O–H groups in total. The number of likely N-dealkylation sites (tertiary alicyclic amines) is 1. The molecule has 2 aromatic heterocycles. The number of anilines is 2. The number of halogens is 2. The van der Waals surface area contributed by atoms with Crippen LogP contribution in [0.5, 0.6) is 0 Å². The van der Waals surface area contributed by atoms with Crippen LogP contribution in [0.4, 0.5) is 15.8 Å². The zero-order valence-electron chi connectivity index (χ0n) is 18.9. The van der Waals surface area contributed by atoms with Crippen molar-refractivity contribution in [2.24, 2.45) is 0 Å². The summed E-state index contributed by atoms with van der Waals surface area (Å²) < 4.78 is 15.4. The standard InChI is InChI=1S/C26H23ClFN3O3S/c1-15-13-16(8-10-20(15)28)29-23-18-9-11-22(33)31(21-7-3-2-6-19(21)27)26(18)35-24(23)25(34)30-12-4-5-17(30)14-32/h2-3,6-11,13,17,29,32H,4-5,12,14H2,1H3/t17-/m1/s1. The summed E-state index contributed by atoms with van der Waals surface area (Å²) >= 11 is 7.63. The van der Waals surface area contributed by atoms with Gasteiger partial charge in [-0.25, -0.2) is 4.39 Å². The highest BCUT2D eigenvalue weighted by molar-refractivity contribution is 7.21. The molecule has 0 aliphatic carbocycles. The Morgan fingerprint density at radius 2 is 2.03 bits per heavy atom. The fraction of sp³-hybridized carbons (Fsp3) is 0.231. The van der Waals surface area contributed by atoms with Gasteiger partial charge in [-0.15, -0.1) is 11.3 Å². The van der Waals surface area contributed by atoms with Crippen molar-refractivity contribution in [1.29, 1.82) is 0 Å². The number of hydrogen-bond donors (Lipinski definition) is 2. The van der Waals surface area contributed by atoms with E-state index in [2.05, 4.69) is 5.32 Å². The van der Waals surface area contributed by atoms with E-state index >= 15 is 0 Å². The first-order valence-electron chi connectivity index (χ1n) is 11.3. The van der Waals surface area contributed by atoms with Crippen LogP contribution in [-0.4, -0.2) is 39.7 Å². The number of hydrogen-bond acceptors (Lipinski definition) is 5. The number of benzene rings is 2. The molecule has 5 rings (SSSR count). The third-order valence-corrected chi connectivity index (χ3v) is 7.80. The number of aryl methyl sites for hydroxylation is 1. The molecule has 1 aliphatic heterocycles. The average molecular weight is 512 g/mol. The monoisotopic (exact) mass is 511 g/mol. The van der Waals surface area contributed by atoms with Crippen LogP contribution < -0.4 is 10.9 Å². The molecule has 9 heteroatoms. The topological polar surface area (TPSA) is 74.6 Å². The van der Waals surface area contributed by atoms with Gasteiger partial charge in [0.25, 0.3) is 11.5 Å². The van der Waals surface area contributed by atoms with Crippen molar-refractivity contribution in [3.05, 3.63) is 86.2 Å². The molecular weight excluding hydrogens is 489 g/mol. The van der Waals surface area contributed by atoms with Crippen LogP contribution in [0.2, 0.25) is 5.02 Å². The molecule has 3 heterocycles.